The smallest absolute Gasteiger partial charge is 0.124 e. The molecule has 0 aliphatic carbocycles. The molecule has 0 fully saturated rings. The molecule has 0 spiro atoms. The summed E-state index contributed by atoms with van der Waals surface area (Å²) >= 11 is 0. The summed E-state index contributed by atoms with van der Waals surface area (Å²) in [6, 6.07) is 6.57. The molecule has 1 heterocycles. The van der Waals surface area contributed by atoms with Crippen molar-refractivity contribution in [1.29, 1.82) is 0 Å². The largest absolute Gasteiger partial charge is 0.389 e. The molecule has 1 aromatic carbocycles. The van der Waals surface area contributed by atoms with Crippen molar-refractivity contribution in [3.63, 3.8) is 0 Å². The third-order valence-corrected chi connectivity index (χ3v) is 3.21. The Balaban J connectivity index is 1.87. The minimum Gasteiger partial charge on any atom is -0.389 e. The minimum absolute atomic E-state index is 0.280. The molecule has 1 aromatic heterocycles. The first-order valence-electron chi connectivity index (χ1n) is 7.56. The molecule has 2 rings (SSSR count). The highest BCUT2D eigenvalue weighted by atomic mass is 19.1. The van der Waals surface area contributed by atoms with Gasteiger partial charge < -0.3 is 15.2 Å². The first kappa shape index (κ1) is 16.8. The second-order valence-electron chi connectivity index (χ2n) is 5.86. The predicted molar refractivity (Wildman–Crippen MR) is 85.1 cm³/mol. The first-order valence-corrected chi connectivity index (χ1v) is 7.56. The molecule has 1 atom stereocenters. The molecule has 2 aromatic rings. The highest BCUT2D eigenvalue weighted by molar-refractivity contribution is 5.81. The number of nitrogens with zero attached hydrogens (tertiary/aromatic N) is 1. The zero-order chi connectivity index (χ0) is 15.9. The fraction of sp³-hybridized carbons (Fsp3) is 0.471. The Morgan fingerprint density at radius 2 is 2.14 bits per heavy atom. The van der Waals surface area contributed by atoms with Crippen molar-refractivity contribution in [2.24, 2.45) is 5.92 Å². The number of nitrogens with one attached hydrogen (secondary N) is 1. The molecule has 0 aliphatic heterocycles. The normalized spacial score (nSPS) is 13.0. The van der Waals surface area contributed by atoms with Crippen LogP contribution < -0.4 is 5.32 Å². The van der Waals surface area contributed by atoms with Gasteiger partial charge in [0.25, 0.3) is 0 Å². The summed E-state index contributed by atoms with van der Waals surface area (Å²) in [5.41, 5.74) is 1.56. The number of benzene rings is 1. The van der Waals surface area contributed by atoms with Gasteiger partial charge in [-0.3, -0.25) is 4.98 Å². The van der Waals surface area contributed by atoms with Gasteiger partial charge in [-0.15, -0.1) is 0 Å². The molecular formula is C17H23FN2O2. The lowest BCUT2D eigenvalue weighted by Gasteiger charge is -2.14. The van der Waals surface area contributed by atoms with Crippen molar-refractivity contribution in [2.45, 2.75) is 26.5 Å². The maximum atomic E-state index is 13.6. The van der Waals surface area contributed by atoms with E-state index >= 15 is 0 Å². The van der Waals surface area contributed by atoms with E-state index in [1.54, 1.807) is 12.3 Å². The minimum atomic E-state index is -0.577. The number of aromatic nitrogens is 1. The SMILES string of the molecule is CC(C)COCC(O)CNCc1cc(F)cc2cccnc12. The van der Waals surface area contributed by atoms with E-state index < -0.39 is 6.10 Å². The van der Waals surface area contributed by atoms with Crippen LogP contribution in [0, 0.1) is 11.7 Å². The number of aliphatic hydroxyl groups excluding tert-OH is 1. The fourth-order valence-electron chi connectivity index (χ4n) is 2.23. The topological polar surface area (TPSA) is 54.4 Å². The maximum Gasteiger partial charge on any atom is 0.124 e. The van der Waals surface area contributed by atoms with Gasteiger partial charge in [0.1, 0.15) is 5.82 Å². The predicted octanol–water partition coefficient (Wildman–Crippen LogP) is 2.50. The summed E-state index contributed by atoms with van der Waals surface area (Å²) in [5.74, 6) is 0.169. The van der Waals surface area contributed by atoms with Crippen LogP contribution in [0.3, 0.4) is 0 Å². The van der Waals surface area contributed by atoms with Gasteiger partial charge in [-0.1, -0.05) is 19.9 Å². The Bertz CT molecular complexity index is 604. The third-order valence-electron chi connectivity index (χ3n) is 3.21. The molecule has 22 heavy (non-hydrogen) atoms. The lowest BCUT2D eigenvalue weighted by atomic mass is 10.1. The van der Waals surface area contributed by atoms with Crippen LogP contribution in [0.1, 0.15) is 19.4 Å². The molecule has 0 amide bonds. The van der Waals surface area contributed by atoms with E-state index in [-0.39, 0.29) is 5.82 Å². The lowest BCUT2D eigenvalue weighted by molar-refractivity contribution is 0.0260. The Morgan fingerprint density at radius 1 is 1.32 bits per heavy atom. The zero-order valence-corrected chi connectivity index (χ0v) is 13.1. The van der Waals surface area contributed by atoms with E-state index in [1.165, 1.54) is 12.1 Å². The lowest BCUT2D eigenvalue weighted by Crippen LogP contribution is -2.30. The third kappa shape index (κ3) is 5.02. The number of fused-ring (bicyclic) bond motifs is 1. The Labute approximate surface area is 130 Å². The first-order chi connectivity index (χ1) is 10.6. The van der Waals surface area contributed by atoms with E-state index in [0.717, 1.165) is 16.5 Å². The number of hydrogen-bond acceptors (Lipinski definition) is 4. The summed E-state index contributed by atoms with van der Waals surface area (Å²) in [4.78, 5) is 4.30. The molecule has 4 nitrogen and oxygen atoms in total. The zero-order valence-electron chi connectivity index (χ0n) is 13.1. The second kappa shape index (κ2) is 8.17. The van der Waals surface area contributed by atoms with E-state index in [0.29, 0.717) is 32.2 Å². The second-order valence-corrected chi connectivity index (χ2v) is 5.86. The van der Waals surface area contributed by atoms with Gasteiger partial charge >= 0.3 is 0 Å². The average molecular weight is 306 g/mol. The molecule has 0 radical (unpaired) electrons. The number of halogens is 1. The van der Waals surface area contributed by atoms with Gasteiger partial charge in [0.05, 0.1) is 18.2 Å². The molecule has 0 saturated carbocycles. The van der Waals surface area contributed by atoms with E-state index in [2.05, 4.69) is 24.1 Å². The van der Waals surface area contributed by atoms with Crippen LogP contribution in [0.2, 0.25) is 0 Å². The fourth-order valence-corrected chi connectivity index (χ4v) is 2.23. The number of aliphatic hydroxyl groups is 1. The Morgan fingerprint density at radius 3 is 2.91 bits per heavy atom. The van der Waals surface area contributed by atoms with Gasteiger partial charge in [-0.25, -0.2) is 4.39 Å². The summed E-state index contributed by atoms with van der Waals surface area (Å²) < 4.78 is 19.0. The van der Waals surface area contributed by atoms with E-state index in [4.69, 9.17) is 4.74 Å². The highest BCUT2D eigenvalue weighted by Gasteiger charge is 2.08. The van der Waals surface area contributed by atoms with Crippen LogP contribution in [-0.4, -0.2) is 36.0 Å². The van der Waals surface area contributed by atoms with Crippen LogP contribution >= 0.6 is 0 Å². The van der Waals surface area contributed by atoms with Crippen LogP contribution in [-0.2, 0) is 11.3 Å². The Kier molecular flexibility index (Phi) is 6.24. The molecule has 0 aliphatic rings. The van der Waals surface area contributed by atoms with Gasteiger partial charge in [-0.05, 0) is 29.7 Å². The van der Waals surface area contributed by atoms with Crippen LogP contribution in [0.15, 0.2) is 30.5 Å². The standard InChI is InChI=1S/C17H23FN2O2/c1-12(2)10-22-11-16(21)9-19-8-14-7-15(18)6-13-4-3-5-20-17(13)14/h3-7,12,16,19,21H,8-11H2,1-2H3. The molecule has 2 N–H and O–H groups in total. The van der Waals surface area contributed by atoms with Gasteiger partial charge in [0.2, 0.25) is 0 Å². The summed E-state index contributed by atoms with van der Waals surface area (Å²) in [5, 5.41) is 13.7. The summed E-state index contributed by atoms with van der Waals surface area (Å²) in [6.45, 7) is 5.90. The number of hydrogen-bond donors (Lipinski definition) is 2. The molecule has 1 unspecified atom stereocenters. The van der Waals surface area contributed by atoms with Crippen molar-refractivity contribution in [3.8, 4) is 0 Å². The quantitative estimate of drug-likeness (QED) is 0.787. The monoisotopic (exact) mass is 306 g/mol. The van der Waals surface area contributed by atoms with Crippen molar-refractivity contribution >= 4 is 10.9 Å². The van der Waals surface area contributed by atoms with Gasteiger partial charge in [-0.2, -0.15) is 0 Å². The van der Waals surface area contributed by atoms with Crippen molar-refractivity contribution in [3.05, 3.63) is 41.8 Å². The molecule has 0 saturated heterocycles. The molecule has 5 heteroatoms. The molecule has 0 bridgehead atoms. The van der Waals surface area contributed by atoms with Gasteiger partial charge in [0.15, 0.2) is 0 Å². The van der Waals surface area contributed by atoms with Gasteiger partial charge in [0, 0.05) is 31.3 Å². The highest BCUT2D eigenvalue weighted by Crippen LogP contribution is 2.18. The van der Waals surface area contributed by atoms with Crippen LogP contribution in [0.4, 0.5) is 4.39 Å². The Hall–Kier alpha value is -1.56. The maximum absolute atomic E-state index is 13.6. The van der Waals surface area contributed by atoms with E-state index in [9.17, 15) is 9.50 Å². The number of rotatable bonds is 8. The van der Waals surface area contributed by atoms with Crippen LogP contribution in [0.25, 0.3) is 10.9 Å². The number of pyridine rings is 1. The van der Waals surface area contributed by atoms with E-state index in [1.807, 2.05) is 6.07 Å². The van der Waals surface area contributed by atoms with Crippen LogP contribution in [0.5, 0.6) is 0 Å². The number of ether oxygens (including phenoxy) is 1. The van der Waals surface area contributed by atoms with Crippen molar-refractivity contribution < 1.29 is 14.2 Å². The van der Waals surface area contributed by atoms with Crippen molar-refractivity contribution in [1.82, 2.24) is 10.3 Å². The summed E-state index contributed by atoms with van der Waals surface area (Å²) in [7, 11) is 0. The average Bonchev–Trinajstić information content (AvgIpc) is 2.46. The molecule has 120 valence electrons. The molecular weight excluding hydrogens is 283 g/mol. The van der Waals surface area contributed by atoms with Crippen molar-refractivity contribution in [2.75, 3.05) is 19.8 Å². The summed E-state index contributed by atoms with van der Waals surface area (Å²) in [6.07, 6.45) is 1.12.